The fourth-order valence-corrected chi connectivity index (χ4v) is 1.99. The average molecular weight is 214 g/mol. The van der Waals surface area contributed by atoms with E-state index >= 15 is 0 Å². The lowest BCUT2D eigenvalue weighted by atomic mass is 9.76. The molecule has 0 saturated carbocycles. The summed E-state index contributed by atoms with van der Waals surface area (Å²) < 4.78 is 0. The Bertz CT molecular complexity index is 450. The van der Waals surface area contributed by atoms with Crippen LogP contribution in [0.5, 0.6) is 0 Å². The van der Waals surface area contributed by atoms with Gasteiger partial charge in [0, 0.05) is 0 Å². The standard InChI is InChI=1S/C13H14N2O/c14-12(16)11-8-4-5-9-13(11,15)10-6-2-1-3-7-10/h1-9,11H,15H2,(H2,14,16). The van der Waals surface area contributed by atoms with Crippen molar-refractivity contribution in [3.8, 4) is 0 Å². The molecule has 1 aromatic rings. The molecule has 0 heterocycles. The molecule has 3 nitrogen and oxygen atoms in total. The minimum atomic E-state index is -0.832. The molecule has 0 fully saturated rings. The van der Waals surface area contributed by atoms with E-state index in [0.29, 0.717) is 0 Å². The van der Waals surface area contributed by atoms with E-state index in [1.165, 1.54) is 0 Å². The number of primary amides is 1. The number of hydrogen-bond acceptors (Lipinski definition) is 2. The molecule has 0 bridgehead atoms. The molecule has 16 heavy (non-hydrogen) atoms. The molecule has 82 valence electrons. The van der Waals surface area contributed by atoms with Gasteiger partial charge >= 0.3 is 0 Å². The van der Waals surface area contributed by atoms with E-state index in [4.69, 9.17) is 11.5 Å². The zero-order chi connectivity index (χ0) is 11.6. The molecule has 4 N–H and O–H groups in total. The van der Waals surface area contributed by atoms with Crippen LogP contribution in [-0.4, -0.2) is 5.91 Å². The quantitative estimate of drug-likeness (QED) is 0.773. The first-order valence-corrected chi connectivity index (χ1v) is 5.14. The van der Waals surface area contributed by atoms with Gasteiger partial charge in [0.15, 0.2) is 0 Å². The number of hydrogen-bond donors (Lipinski definition) is 2. The Labute approximate surface area is 94.4 Å². The monoisotopic (exact) mass is 214 g/mol. The minimum Gasteiger partial charge on any atom is -0.369 e. The maximum atomic E-state index is 11.4. The molecule has 1 amide bonds. The van der Waals surface area contributed by atoms with E-state index in [1.807, 2.05) is 42.5 Å². The summed E-state index contributed by atoms with van der Waals surface area (Å²) in [5.41, 5.74) is 11.7. The summed E-state index contributed by atoms with van der Waals surface area (Å²) in [6.07, 6.45) is 7.20. The van der Waals surface area contributed by atoms with Gasteiger partial charge in [0.1, 0.15) is 0 Å². The fraction of sp³-hybridized carbons (Fsp3) is 0.154. The molecule has 3 heteroatoms. The van der Waals surface area contributed by atoms with E-state index in [0.717, 1.165) is 5.56 Å². The number of rotatable bonds is 2. The van der Waals surface area contributed by atoms with Crippen LogP contribution in [0.4, 0.5) is 0 Å². The van der Waals surface area contributed by atoms with Crippen LogP contribution < -0.4 is 11.5 Å². The lowest BCUT2D eigenvalue weighted by Crippen LogP contribution is -2.48. The molecular weight excluding hydrogens is 200 g/mol. The molecule has 0 aromatic heterocycles. The van der Waals surface area contributed by atoms with Crippen LogP contribution in [-0.2, 0) is 10.3 Å². The normalized spacial score (nSPS) is 27.9. The van der Waals surface area contributed by atoms with Gasteiger partial charge in [-0.2, -0.15) is 0 Å². The molecule has 1 aliphatic rings. The summed E-state index contributed by atoms with van der Waals surface area (Å²) in [6, 6.07) is 9.51. The Balaban J connectivity index is 2.47. The summed E-state index contributed by atoms with van der Waals surface area (Å²) in [7, 11) is 0. The van der Waals surface area contributed by atoms with Gasteiger partial charge in [-0.25, -0.2) is 0 Å². The largest absolute Gasteiger partial charge is 0.369 e. The first-order valence-electron chi connectivity index (χ1n) is 5.14. The predicted octanol–water partition coefficient (Wildman–Crippen LogP) is 1.07. The second-order valence-electron chi connectivity index (χ2n) is 3.92. The topological polar surface area (TPSA) is 69.1 Å². The van der Waals surface area contributed by atoms with Crippen molar-refractivity contribution >= 4 is 5.91 Å². The first-order chi connectivity index (χ1) is 7.64. The van der Waals surface area contributed by atoms with Crippen molar-refractivity contribution in [3.63, 3.8) is 0 Å². The van der Waals surface area contributed by atoms with E-state index in [2.05, 4.69) is 0 Å². The lowest BCUT2D eigenvalue weighted by Gasteiger charge is -2.33. The summed E-state index contributed by atoms with van der Waals surface area (Å²) in [6.45, 7) is 0. The molecule has 0 spiro atoms. The highest BCUT2D eigenvalue weighted by molar-refractivity contribution is 5.81. The molecule has 0 saturated heterocycles. The number of benzene rings is 1. The summed E-state index contributed by atoms with van der Waals surface area (Å²) in [4.78, 5) is 11.4. The first kappa shape index (κ1) is 10.6. The molecular formula is C13H14N2O. The van der Waals surface area contributed by atoms with Crippen LogP contribution in [0.15, 0.2) is 54.6 Å². The van der Waals surface area contributed by atoms with Gasteiger partial charge in [-0.1, -0.05) is 54.6 Å². The van der Waals surface area contributed by atoms with Crippen molar-refractivity contribution < 1.29 is 4.79 Å². The highest BCUT2D eigenvalue weighted by Crippen LogP contribution is 2.31. The molecule has 0 aliphatic heterocycles. The third-order valence-corrected chi connectivity index (χ3v) is 2.88. The van der Waals surface area contributed by atoms with Crippen molar-refractivity contribution in [1.29, 1.82) is 0 Å². The van der Waals surface area contributed by atoms with Gasteiger partial charge in [-0.05, 0) is 5.56 Å². The third-order valence-electron chi connectivity index (χ3n) is 2.88. The zero-order valence-electron chi connectivity index (χ0n) is 8.84. The molecule has 1 aliphatic carbocycles. The van der Waals surface area contributed by atoms with Crippen molar-refractivity contribution in [2.24, 2.45) is 17.4 Å². The summed E-state index contributed by atoms with van der Waals surface area (Å²) in [5, 5.41) is 0. The van der Waals surface area contributed by atoms with Gasteiger partial charge in [-0.15, -0.1) is 0 Å². The Morgan fingerprint density at radius 3 is 2.50 bits per heavy atom. The number of allylic oxidation sites excluding steroid dienone is 2. The molecule has 0 radical (unpaired) electrons. The van der Waals surface area contributed by atoms with Crippen LogP contribution in [0.25, 0.3) is 0 Å². The Morgan fingerprint density at radius 1 is 1.19 bits per heavy atom. The SMILES string of the molecule is NC(=O)C1C=CC=CC1(N)c1ccccc1. The molecule has 2 atom stereocenters. The van der Waals surface area contributed by atoms with Crippen LogP contribution in [0.2, 0.25) is 0 Å². The van der Waals surface area contributed by atoms with Gasteiger partial charge in [0.2, 0.25) is 5.91 Å². The average Bonchev–Trinajstić information content (AvgIpc) is 2.30. The zero-order valence-corrected chi connectivity index (χ0v) is 8.84. The second kappa shape index (κ2) is 3.94. The van der Waals surface area contributed by atoms with Crippen molar-refractivity contribution in [2.75, 3.05) is 0 Å². The highest BCUT2D eigenvalue weighted by Gasteiger charge is 2.37. The summed E-state index contributed by atoms with van der Waals surface area (Å²) in [5.74, 6) is -0.910. The third kappa shape index (κ3) is 1.66. The van der Waals surface area contributed by atoms with Crippen molar-refractivity contribution in [2.45, 2.75) is 5.54 Å². The Kier molecular flexibility index (Phi) is 2.62. The number of nitrogens with two attached hydrogens (primary N) is 2. The highest BCUT2D eigenvalue weighted by atomic mass is 16.1. The maximum Gasteiger partial charge on any atom is 0.226 e. The van der Waals surface area contributed by atoms with Crippen LogP contribution in [0, 0.1) is 5.92 Å². The van der Waals surface area contributed by atoms with E-state index in [1.54, 1.807) is 12.2 Å². The predicted molar refractivity (Wildman–Crippen MR) is 63.3 cm³/mol. The van der Waals surface area contributed by atoms with Gasteiger partial charge < -0.3 is 11.5 Å². The number of carbonyl (C=O) groups excluding carboxylic acids is 1. The van der Waals surface area contributed by atoms with Crippen LogP contribution in [0.3, 0.4) is 0 Å². The lowest BCUT2D eigenvalue weighted by molar-refractivity contribution is -0.121. The van der Waals surface area contributed by atoms with Gasteiger partial charge in [0.25, 0.3) is 0 Å². The fourth-order valence-electron chi connectivity index (χ4n) is 1.99. The van der Waals surface area contributed by atoms with Crippen molar-refractivity contribution in [3.05, 3.63) is 60.2 Å². The molecule has 1 aromatic carbocycles. The second-order valence-corrected chi connectivity index (χ2v) is 3.92. The van der Waals surface area contributed by atoms with E-state index < -0.39 is 17.4 Å². The van der Waals surface area contributed by atoms with Crippen LogP contribution >= 0.6 is 0 Å². The van der Waals surface area contributed by atoms with Crippen molar-refractivity contribution in [1.82, 2.24) is 0 Å². The Morgan fingerprint density at radius 2 is 1.88 bits per heavy atom. The van der Waals surface area contributed by atoms with E-state index in [-0.39, 0.29) is 0 Å². The van der Waals surface area contributed by atoms with Crippen LogP contribution in [0.1, 0.15) is 5.56 Å². The summed E-state index contributed by atoms with van der Waals surface area (Å²) >= 11 is 0. The van der Waals surface area contributed by atoms with E-state index in [9.17, 15) is 4.79 Å². The molecule has 2 unspecified atom stereocenters. The maximum absolute atomic E-state index is 11.4. The number of carbonyl (C=O) groups is 1. The van der Waals surface area contributed by atoms with Gasteiger partial charge in [0.05, 0.1) is 11.5 Å². The smallest absolute Gasteiger partial charge is 0.226 e. The Hall–Kier alpha value is -1.87. The molecule has 2 rings (SSSR count). The van der Waals surface area contributed by atoms with Gasteiger partial charge in [-0.3, -0.25) is 4.79 Å². The minimum absolute atomic E-state index is 0.410. The number of amides is 1.